The average molecular weight is 639 g/mol. The predicted molar refractivity (Wildman–Crippen MR) is 212 cm³/mol. The topological polar surface area (TPSA) is 8.17 Å². The highest BCUT2D eigenvalue weighted by molar-refractivity contribution is 6.11. The molecule has 9 rings (SSSR count). The number of para-hydroxylation sites is 2. The summed E-state index contributed by atoms with van der Waals surface area (Å²) < 4.78 is 2.39. The number of allylic oxidation sites excluding steroid dienone is 4. The van der Waals surface area contributed by atoms with E-state index in [9.17, 15) is 0 Å². The first-order valence-corrected chi connectivity index (χ1v) is 17.0. The van der Waals surface area contributed by atoms with E-state index in [0.29, 0.717) is 0 Å². The molecule has 1 heterocycles. The third-order valence-corrected chi connectivity index (χ3v) is 9.64. The van der Waals surface area contributed by atoms with Crippen LogP contribution in [0.1, 0.15) is 0 Å². The molecule has 0 fully saturated rings. The normalized spacial score (nSPS) is 12.5. The van der Waals surface area contributed by atoms with Crippen molar-refractivity contribution in [3.63, 3.8) is 0 Å². The number of rotatable bonds is 7. The molecule has 0 N–H and O–H groups in total. The molecule has 0 saturated heterocycles. The second-order valence-corrected chi connectivity index (χ2v) is 12.8. The van der Waals surface area contributed by atoms with Crippen LogP contribution in [0.25, 0.3) is 60.9 Å². The zero-order valence-electron chi connectivity index (χ0n) is 27.6. The van der Waals surface area contributed by atoms with Crippen molar-refractivity contribution in [2.45, 2.75) is 0 Å². The van der Waals surface area contributed by atoms with Crippen LogP contribution in [0.3, 0.4) is 0 Å². The number of hydrogen-bond acceptors (Lipinski definition) is 1. The minimum atomic E-state index is 1.00. The van der Waals surface area contributed by atoms with Gasteiger partial charge in [-0.05, 0) is 99.6 Å². The van der Waals surface area contributed by atoms with Gasteiger partial charge in [-0.15, -0.1) is 0 Å². The fourth-order valence-corrected chi connectivity index (χ4v) is 7.17. The summed E-state index contributed by atoms with van der Waals surface area (Å²) >= 11 is 0. The van der Waals surface area contributed by atoms with Crippen molar-refractivity contribution in [2.75, 3.05) is 4.90 Å². The molecule has 1 aliphatic rings. The van der Waals surface area contributed by atoms with E-state index in [4.69, 9.17) is 0 Å². The van der Waals surface area contributed by atoms with Crippen LogP contribution < -0.4 is 4.90 Å². The number of benzene rings is 7. The van der Waals surface area contributed by atoms with Gasteiger partial charge >= 0.3 is 0 Å². The Morgan fingerprint density at radius 1 is 0.400 bits per heavy atom. The van der Waals surface area contributed by atoms with Crippen LogP contribution in [0.2, 0.25) is 0 Å². The maximum absolute atomic E-state index is 4.18. The van der Waals surface area contributed by atoms with Gasteiger partial charge in [0.05, 0.1) is 11.0 Å². The number of fused-ring (bicyclic) bond motifs is 3. The van der Waals surface area contributed by atoms with Crippen LogP contribution >= 0.6 is 0 Å². The van der Waals surface area contributed by atoms with Gasteiger partial charge < -0.3 is 9.47 Å². The molecule has 2 heteroatoms. The van der Waals surface area contributed by atoms with Gasteiger partial charge in [0.1, 0.15) is 0 Å². The van der Waals surface area contributed by atoms with Crippen LogP contribution in [0.5, 0.6) is 0 Å². The number of nitrogens with zero attached hydrogens (tertiary/aromatic N) is 2. The van der Waals surface area contributed by atoms with Crippen LogP contribution in [0.15, 0.2) is 212 Å². The Kier molecular flexibility index (Phi) is 7.33. The molecule has 0 spiro atoms. The largest absolute Gasteiger partial charge is 0.310 e. The summed E-state index contributed by atoms with van der Waals surface area (Å²) in [6.45, 7) is 4.18. The van der Waals surface area contributed by atoms with Crippen molar-refractivity contribution >= 4 is 33.2 Å². The zero-order valence-corrected chi connectivity index (χ0v) is 27.6. The predicted octanol–water partition coefficient (Wildman–Crippen LogP) is 12.9. The molecule has 0 atom stereocenters. The second-order valence-electron chi connectivity index (χ2n) is 12.8. The summed E-state index contributed by atoms with van der Waals surface area (Å²) in [7, 11) is 0. The van der Waals surface area contributed by atoms with Gasteiger partial charge in [0.25, 0.3) is 0 Å². The molecule has 7 aromatic carbocycles. The van der Waals surface area contributed by atoms with E-state index in [1.54, 1.807) is 0 Å². The summed E-state index contributed by atoms with van der Waals surface area (Å²) in [6, 6.07) is 63.2. The van der Waals surface area contributed by atoms with Crippen LogP contribution in [0, 0.1) is 0 Å². The van der Waals surface area contributed by atoms with Gasteiger partial charge in [-0.1, -0.05) is 140 Å². The van der Waals surface area contributed by atoms with E-state index in [-0.39, 0.29) is 0 Å². The van der Waals surface area contributed by atoms with Gasteiger partial charge in [0, 0.05) is 33.5 Å². The Morgan fingerprint density at radius 3 is 1.54 bits per heavy atom. The Balaban J connectivity index is 1.13. The molecule has 2 nitrogen and oxygen atoms in total. The lowest BCUT2D eigenvalue weighted by Gasteiger charge is -2.25. The lowest BCUT2D eigenvalue weighted by atomic mass is 9.97. The highest BCUT2D eigenvalue weighted by atomic mass is 15.1. The van der Waals surface area contributed by atoms with Crippen LogP contribution in [-0.2, 0) is 0 Å². The molecule has 50 heavy (non-hydrogen) atoms. The smallest absolute Gasteiger partial charge is 0.0561 e. The van der Waals surface area contributed by atoms with E-state index in [2.05, 4.69) is 210 Å². The first-order valence-electron chi connectivity index (χ1n) is 17.0. The summed E-state index contributed by atoms with van der Waals surface area (Å²) in [6.07, 6.45) is 6.35. The molecule has 1 aliphatic carbocycles. The zero-order chi connectivity index (χ0) is 33.4. The quantitative estimate of drug-likeness (QED) is 0.169. The summed E-state index contributed by atoms with van der Waals surface area (Å²) in [5.41, 5.74) is 15.1. The fraction of sp³-hybridized carbons (Fsp3) is 0. The van der Waals surface area contributed by atoms with Gasteiger partial charge in [0.15, 0.2) is 0 Å². The maximum atomic E-state index is 4.18. The van der Waals surface area contributed by atoms with Crippen molar-refractivity contribution in [1.82, 2.24) is 4.57 Å². The Bertz CT molecular complexity index is 2550. The Morgan fingerprint density at radius 2 is 0.940 bits per heavy atom. The molecule has 0 bridgehead atoms. The minimum Gasteiger partial charge on any atom is -0.310 e. The third-order valence-electron chi connectivity index (χ3n) is 9.64. The van der Waals surface area contributed by atoms with E-state index < -0.39 is 0 Å². The van der Waals surface area contributed by atoms with E-state index in [0.717, 1.165) is 33.8 Å². The molecule has 1 aromatic heterocycles. The SMILES string of the molecule is C=C1C=CC(N(c2ccccc2)c2ccc3c4cc(-c5ccc(-c6ccc(-c7ccccc7)cc6)cc5)ccc4n(-c4ccccc4)c3c2)=C1. The van der Waals surface area contributed by atoms with Crippen molar-refractivity contribution in [1.29, 1.82) is 0 Å². The van der Waals surface area contributed by atoms with Gasteiger partial charge in [0.2, 0.25) is 0 Å². The lowest BCUT2D eigenvalue weighted by Crippen LogP contribution is -2.14. The van der Waals surface area contributed by atoms with E-state index in [1.165, 1.54) is 49.7 Å². The number of hydrogen-bond donors (Lipinski definition) is 0. The molecular weight excluding hydrogens is 605 g/mol. The molecule has 0 saturated carbocycles. The summed E-state index contributed by atoms with van der Waals surface area (Å²) in [5, 5.41) is 2.45. The summed E-state index contributed by atoms with van der Waals surface area (Å²) in [4.78, 5) is 2.31. The highest BCUT2D eigenvalue weighted by Gasteiger charge is 2.19. The van der Waals surface area contributed by atoms with Crippen molar-refractivity contribution in [3.05, 3.63) is 212 Å². The van der Waals surface area contributed by atoms with E-state index in [1.807, 2.05) is 0 Å². The standard InChI is InChI=1S/C48H34N2/c1-34-17-27-43(31-34)49(41-13-7-3-8-14-41)44-28-29-45-46-32-40(26-30-47(46)50(48(45)33-44)42-15-9-4-10-16-42)39-24-22-38(23-25-39)37-20-18-36(19-21-37)35-11-5-2-6-12-35/h2-33H,1H2. The average Bonchev–Trinajstić information content (AvgIpc) is 3.76. The molecular formula is C48H34N2. The first-order chi connectivity index (χ1) is 24.7. The van der Waals surface area contributed by atoms with Crippen molar-refractivity contribution in [2.24, 2.45) is 0 Å². The van der Waals surface area contributed by atoms with Gasteiger partial charge in [-0.3, -0.25) is 0 Å². The monoisotopic (exact) mass is 638 g/mol. The van der Waals surface area contributed by atoms with Crippen molar-refractivity contribution < 1.29 is 0 Å². The molecule has 0 unspecified atom stereocenters. The second kappa shape index (κ2) is 12.4. The van der Waals surface area contributed by atoms with Crippen LogP contribution in [-0.4, -0.2) is 4.57 Å². The Labute approximate surface area is 292 Å². The Hall–Kier alpha value is -6.64. The fourth-order valence-electron chi connectivity index (χ4n) is 7.17. The molecule has 0 aliphatic heterocycles. The van der Waals surface area contributed by atoms with E-state index >= 15 is 0 Å². The van der Waals surface area contributed by atoms with Crippen LogP contribution in [0.4, 0.5) is 11.4 Å². The van der Waals surface area contributed by atoms with Gasteiger partial charge in [-0.25, -0.2) is 0 Å². The highest BCUT2D eigenvalue weighted by Crippen LogP contribution is 2.40. The molecule has 8 aromatic rings. The third kappa shape index (κ3) is 5.34. The molecule has 236 valence electrons. The number of aromatic nitrogens is 1. The van der Waals surface area contributed by atoms with Crippen molar-refractivity contribution in [3.8, 4) is 39.1 Å². The number of anilines is 2. The minimum absolute atomic E-state index is 1.00. The molecule has 0 amide bonds. The maximum Gasteiger partial charge on any atom is 0.0561 e. The first kappa shape index (κ1) is 29.5. The molecule has 0 radical (unpaired) electrons. The van der Waals surface area contributed by atoms with Gasteiger partial charge in [-0.2, -0.15) is 0 Å². The lowest BCUT2D eigenvalue weighted by molar-refractivity contribution is 1.17. The summed E-state index contributed by atoms with van der Waals surface area (Å²) in [5.74, 6) is 0.